The Bertz CT molecular complexity index is 331. The zero-order chi connectivity index (χ0) is 14.4. The molecular weight excluding hydrogens is 291 g/mol. The topological polar surface area (TPSA) is 37.4 Å². The molecule has 110 valence electrons. The number of sulfonamides is 1. The molecule has 0 aliphatic carbocycles. The first kappa shape index (κ1) is 18.0. The van der Waals surface area contributed by atoms with Crippen molar-refractivity contribution >= 4 is 21.6 Å². The summed E-state index contributed by atoms with van der Waals surface area (Å²) < 4.78 is 60.9. The predicted octanol–water partition coefficient (Wildman–Crippen LogP) is 3.00. The number of halogens is 4. The molecule has 0 aromatic carbocycles. The van der Waals surface area contributed by atoms with Gasteiger partial charge in [0.2, 0.25) is 10.0 Å². The second-order valence-electron chi connectivity index (χ2n) is 4.28. The number of nitrogens with zero attached hydrogens (tertiary/aromatic N) is 1. The van der Waals surface area contributed by atoms with Crippen molar-refractivity contribution < 1.29 is 21.6 Å². The molecule has 0 heterocycles. The van der Waals surface area contributed by atoms with Crippen LogP contribution < -0.4 is 0 Å². The van der Waals surface area contributed by atoms with Gasteiger partial charge in [-0.2, -0.15) is 17.5 Å². The highest BCUT2D eigenvalue weighted by Gasteiger charge is 2.29. The van der Waals surface area contributed by atoms with Gasteiger partial charge in [-0.15, -0.1) is 11.6 Å². The van der Waals surface area contributed by atoms with E-state index < -0.39 is 34.8 Å². The fourth-order valence-electron chi connectivity index (χ4n) is 1.51. The largest absolute Gasteiger partial charge is 0.389 e. The molecule has 0 saturated heterocycles. The van der Waals surface area contributed by atoms with Crippen LogP contribution in [0.15, 0.2) is 0 Å². The van der Waals surface area contributed by atoms with E-state index in [0.29, 0.717) is 12.3 Å². The zero-order valence-corrected chi connectivity index (χ0v) is 12.1. The van der Waals surface area contributed by atoms with E-state index in [-0.39, 0.29) is 12.6 Å². The third-order valence-corrected chi connectivity index (χ3v) is 4.70. The maximum absolute atomic E-state index is 12.0. The van der Waals surface area contributed by atoms with Crippen LogP contribution in [0.3, 0.4) is 0 Å². The van der Waals surface area contributed by atoms with Crippen LogP contribution in [-0.2, 0) is 10.0 Å². The lowest BCUT2D eigenvalue weighted by Gasteiger charge is -2.25. The second kappa shape index (κ2) is 7.55. The summed E-state index contributed by atoms with van der Waals surface area (Å²) in [6, 6.07) is -0.274. The molecule has 8 heteroatoms. The van der Waals surface area contributed by atoms with E-state index in [2.05, 4.69) is 0 Å². The molecule has 0 saturated carbocycles. The summed E-state index contributed by atoms with van der Waals surface area (Å²) in [5.41, 5.74) is 0. The first-order valence-corrected chi connectivity index (χ1v) is 7.87. The standard InChI is InChI=1S/C10H19ClF3NO2S/c1-9(2)15(7-4-6-11)18(16,17)8-3-5-10(12,13)14/h9H,3-8H2,1-2H3. The van der Waals surface area contributed by atoms with Crippen molar-refractivity contribution in [1.29, 1.82) is 0 Å². The summed E-state index contributed by atoms with van der Waals surface area (Å²) >= 11 is 5.49. The van der Waals surface area contributed by atoms with Crippen molar-refractivity contribution in [2.45, 2.75) is 45.3 Å². The smallest absolute Gasteiger partial charge is 0.212 e. The Labute approximate surface area is 111 Å². The Morgan fingerprint density at radius 1 is 1.22 bits per heavy atom. The van der Waals surface area contributed by atoms with Gasteiger partial charge in [0.25, 0.3) is 0 Å². The Kier molecular flexibility index (Phi) is 7.54. The zero-order valence-electron chi connectivity index (χ0n) is 10.5. The monoisotopic (exact) mass is 309 g/mol. The van der Waals surface area contributed by atoms with Gasteiger partial charge in [0.05, 0.1) is 5.75 Å². The summed E-state index contributed by atoms with van der Waals surface area (Å²) in [6.45, 7) is 3.63. The van der Waals surface area contributed by atoms with Gasteiger partial charge in [-0.05, 0) is 26.7 Å². The fourth-order valence-corrected chi connectivity index (χ4v) is 3.42. The molecule has 0 unspecified atom stereocenters. The van der Waals surface area contributed by atoms with Crippen LogP contribution in [0.2, 0.25) is 0 Å². The van der Waals surface area contributed by atoms with Crippen molar-refractivity contribution in [3.63, 3.8) is 0 Å². The molecule has 0 radical (unpaired) electrons. The Morgan fingerprint density at radius 3 is 2.17 bits per heavy atom. The number of rotatable bonds is 8. The van der Waals surface area contributed by atoms with Gasteiger partial charge in [0.1, 0.15) is 0 Å². The van der Waals surface area contributed by atoms with Crippen LogP contribution in [-0.4, -0.2) is 43.1 Å². The lowest BCUT2D eigenvalue weighted by Crippen LogP contribution is -2.39. The first-order chi connectivity index (χ1) is 8.10. The molecule has 0 rings (SSSR count). The van der Waals surface area contributed by atoms with Gasteiger partial charge in [-0.1, -0.05) is 0 Å². The van der Waals surface area contributed by atoms with E-state index in [4.69, 9.17) is 11.6 Å². The molecule has 0 bridgehead atoms. The molecule has 0 fully saturated rings. The third-order valence-electron chi connectivity index (χ3n) is 2.31. The molecular formula is C10H19ClF3NO2S. The van der Waals surface area contributed by atoms with Gasteiger partial charge in [0, 0.05) is 24.9 Å². The lowest BCUT2D eigenvalue weighted by molar-refractivity contribution is -0.134. The van der Waals surface area contributed by atoms with Crippen LogP contribution in [0, 0.1) is 0 Å². The first-order valence-electron chi connectivity index (χ1n) is 5.72. The summed E-state index contributed by atoms with van der Waals surface area (Å²) in [5.74, 6) is -0.158. The minimum absolute atomic E-state index is 0.246. The van der Waals surface area contributed by atoms with E-state index >= 15 is 0 Å². The van der Waals surface area contributed by atoms with E-state index in [9.17, 15) is 21.6 Å². The van der Waals surface area contributed by atoms with Crippen molar-refractivity contribution in [1.82, 2.24) is 4.31 Å². The molecule has 0 spiro atoms. The van der Waals surface area contributed by atoms with Gasteiger partial charge in [-0.25, -0.2) is 8.42 Å². The minimum atomic E-state index is -4.31. The lowest BCUT2D eigenvalue weighted by atomic mass is 10.3. The normalized spacial score (nSPS) is 13.6. The summed E-state index contributed by atoms with van der Waals surface area (Å²) in [4.78, 5) is 0. The molecule has 0 N–H and O–H groups in total. The van der Waals surface area contributed by atoms with E-state index in [1.807, 2.05) is 0 Å². The average Bonchev–Trinajstić information content (AvgIpc) is 2.14. The van der Waals surface area contributed by atoms with Crippen LogP contribution in [0.25, 0.3) is 0 Å². The molecule has 3 nitrogen and oxygen atoms in total. The number of hydrogen-bond donors (Lipinski definition) is 0. The van der Waals surface area contributed by atoms with Crippen molar-refractivity contribution in [2.75, 3.05) is 18.2 Å². The van der Waals surface area contributed by atoms with E-state index in [1.165, 1.54) is 4.31 Å². The average molecular weight is 310 g/mol. The molecule has 18 heavy (non-hydrogen) atoms. The molecule has 0 aliphatic rings. The Balaban J connectivity index is 4.47. The van der Waals surface area contributed by atoms with Gasteiger partial charge in [0.15, 0.2) is 0 Å². The Morgan fingerprint density at radius 2 is 1.78 bits per heavy atom. The van der Waals surface area contributed by atoms with Crippen molar-refractivity contribution in [3.05, 3.63) is 0 Å². The van der Waals surface area contributed by atoms with Gasteiger partial charge < -0.3 is 0 Å². The quantitative estimate of drug-likeness (QED) is 0.646. The third kappa shape index (κ3) is 7.43. The highest BCUT2D eigenvalue weighted by molar-refractivity contribution is 7.89. The molecule has 0 aromatic rings. The molecule has 0 amide bonds. The highest BCUT2D eigenvalue weighted by Crippen LogP contribution is 2.22. The van der Waals surface area contributed by atoms with E-state index in [1.54, 1.807) is 13.8 Å². The number of hydrogen-bond acceptors (Lipinski definition) is 2. The van der Waals surface area contributed by atoms with Gasteiger partial charge in [-0.3, -0.25) is 0 Å². The summed E-state index contributed by atoms with van der Waals surface area (Å²) in [5, 5.41) is 0. The molecule has 0 atom stereocenters. The summed E-state index contributed by atoms with van der Waals surface area (Å²) in [7, 11) is -3.64. The second-order valence-corrected chi connectivity index (χ2v) is 6.70. The van der Waals surface area contributed by atoms with Crippen LogP contribution in [0.1, 0.15) is 33.1 Å². The number of alkyl halides is 4. The van der Waals surface area contributed by atoms with Crippen LogP contribution in [0.5, 0.6) is 0 Å². The maximum atomic E-state index is 12.0. The minimum Gasteiger partial charge on any atom is -0.212 e. The fraction of sp³-hybridized carbons (Fsp3) is 1.00. The van der Waals surface area contributed by atoms with Gasteiger partial charge >= 0.3 is 6.18 Å². The van der Waals surface area contributed by atoms with Crippen molar-refractivity contribution in [3.8, 4) is 0 Å². The predicted molar refractivity (Wildman–Crippen MR) is 66.3 cm³/mol. The van der Waals surface area contributed by atoms with Crippen LogP contribution >= 0.6 is 11.6 Å². The summed E-state index contributed by atoms with van der Waals surface area (Å²) in [6.07, 6.45) is -5.31. The Hall–Kier alpha value is -0.0100. The molecule has 0 aromatic heterocycles. The highest BCUT2D eigenvalue weighted by atomic mass is 35.5. The maximum Gasteiger partial charge on any atom is 0.389 e. The molecule has 0 aliphatic heterocycles. The van der Waals surface area contributed by atoms with E-state index in [0.717, 1.165) is 0 Å². The SMILES string of the molecule is CC(C)N(CCCCl)S(=O)(=O)CCCC(F)(F)F. The van der Waals surface area contributed by atoms with Crippen LogP contribution in [0.4, 0.5) is 13.2 Å². The van der Waals surface area contributed by atoms with Crippen molar-refractivity contribution in [2.24, 2.45) is 0 Å².